The Morgan fingerprint density at radius 1 is 1.36 bits per heavy atom. The molecule has 1 unspecified atom stereocenters. The molecule has 22 heavy (non-hydrogen) atoms. The van der Waals surface area contributed by atoms with Gasteiger partial charge in [0.05, 0.1) is 0 Å². The molecule has 4 nitrogen and oxygen atoms in total. The average molecular weight is 307 g/mol. The number of hydrogen-bond acceptors (Lipinski definition) is 3. The lowest BCUT2D eigenvalue weighted by atomic mass is 10.0. The summed E-state index contributed by atoms with van der Waals surface area (Å²) in [6.45, 7) is 4.66. The molecular formula is C17H26FN3O. The molecule has 1 saturated heterocycles. The Morgan fingerprint density at radius 3 is 2.59 bits per heavy atom. The quantitative estimate of drug-likeness (QED) is 0.845. The van der Waals surface area contributed by atoms with Crippen LogP contribution in [0.15, 0.2) is 24.3 Å². The van der Waals surface area contributed by atoms with E-state index < -0.39 is 0 Å². The van der Waals surface area contributed by atoms with Gasteiger partial charge in [0, 0.05) is 38.1 Å². The zero-order chi connectivity index (χ0) is 15.9. The summed E-state index contributed by atoms with van der Waals surface area (Å²) in [5.41, 5.74) is 6.79. The summed E-state index contributed by atoms with van der Waals surface area (Å²) >= 11 is 0. The molecule has 0 saturated carbocycles. The topological polar surface area (TPSA) is 58.4 Å². The molecule has 1 heterocycles. The van der Waals surface area contributed by atoms with Crippen LogP contribution in [0.5, 0.6) is 0 Å². The Labute approximate surface area is 131 Å². The highest BCUT2D eigenvalue weighted by Gasteiger charge is 2.20. The molecule has 1 aromatic carbocycles. The van der Waals surface area contributed by atoms with Gasteiger partial charge in [-0.15, -0.1) is 0 Å². The number of rotatable bonds is 6. The van der Waals surface area contributed by atoms with Crippen LogP contribution in [0.1, 0.15) is 38.2 Å². The Morgan fingerprint density at radius 2 is 2.00 bits per heavy atom. The van der Waals surface area contributed by atoms with Crippen molar-refractivity contribution in [3.8, 4) is 0 Å². The first-order valence-corrected chi connectivity index (χ1v) is 8.04. The number of halogens is 1. The SMILES string of the molecule is CC(N)CCC(=O)NC1CCN(Cc2ccc(F)cc2)CC1. The first-order chi connectivity index (χ1) is 10.5. The van der Waals surface area contributed by atoms with Crippen LogP contribution in [-0.4, -0.2) is 36.0 Å². The number of amides is 1. The highest BCUT2D eigenvalue weighted by molar-refractivity contribution is 5.76. The maximum atomic E-state index is 12.9. The number of hydrogen-bond donors (Lipinski definition) is 2. The molecule has 1 aliphatic rings. The third-order valence-electron chi connectivity index (χ3n) is 4.10. The van der Waals surface area contributed by atoms with Crippen molar-refractivity contribution in [1.82, 2.24) is 10.2 Å². The summed E-state index contributed by atoms with van der Waals surface area (Å²) < 4.78 is 12.9. The second kappa shape index (κ2) is 8.25. The molecular weight excluding hydrogens is 281 g/mol. The van der Waals surface area contributed by atoms with Gasteiger partial charge in [-0.1, -0.05) is 12.1 Å². The molecule has 0 radical (unpaired) electrons. The lowest BCUT2D eigenvalue weighted by Gasteiger charge is -2.32. The predicted octanol–water partition coefficient (Wildman–Crippen LogP) is 2.03. The van der Waals surface area contributed by atoms with Gasteiger partial charge in [0.15, 0.2) is 0 Å². The van der Waals surface area contributed by atoms with Gasteiger partial charge < -0.3 is 11.1 Å². The van der Waals surface area contributed by atoms with Gasteiger partial charge in [0.2, 0.25) is 5.91 Å². The van der Waals surface area contributed by atoms with E-state index in [1.165, 1.54) is 12.1 Å². The van der Waals surface area contributed by atoms with Crippen LogP contribution in [0.4, 0.5) is 4.39 Å². The van der Waals surface area contributed by atoms with E-state index in [0.29, 0.717) is 6.42 Å². The fraction of sp³-hybridized carbons (Fsp3) is 0.588. The van der Waals surface area contributed by atoms with Gasteiger partial charge in [0.1, 0.15) is 5.82 Å². The first kappa shape index (κ1) is 16.9. The molecule has 1 aromatic rings. The number of carbonyl (C=O) groups excluding carboxylic acids is 1. The van der Waals surface area contributed by atoms with Gasteiger partial charge in [-0.3, -0.25) is 9.69 Å². The van der Waals surface area contributed by atoms with E-state index in [0.717, 1.165) is 44.5 Å². The molecule has 3 N–H and O–H groups in total. The van der Waals surface area contributed by atoms with E-state index in [-0.39, 0.29) is 23.8 Å². The minimum Gasteiger partial charge on any atom is -0.353 e. The number of carbonyl (C=O) groups is 1. The van der Waals surface area contributed by atoms with E-state index in [4.69, 9.17) is 5.73 Å². The monoisotopic (exact) mass is 307 g/mol. The number of benzene rings is 1. The molecule has 1 aliphatic heterocycles. The highest BCUT2D eigenvalue weighted by atomic mass is 19.1. The average Bonchev–Trinajstić information content (AvgIpc) is 2.49. The molecule has 1 fully saturated rings. The Bertz CT molecular complexity index is 467. The van der Waals surface area contributed by atoms with E-state index >= 15 is 0 Å². The van der Waals surface area contributed by atoms with Crippen molar-refractivity contribution in [2.45, 2.75) is 51.2 Å². The maximum absolute atomic E-state index is 12.9. The molecule has 122 valence electrons. The molecule has 0 spiro atoms. The molecule has 1 amide bonds. The Kier molecular flexibility index (Phi) is 6.34. The van der Waals surface area contributed by atoms with Crippen LogP contribution in [0.25, 0.3) is 0 Å². The van der Waals surface area contributed by atoms with Crippen molar-refractivity contribution in [2.24, 2.45) is 5.73 Å². The molecule has 0 bridgehead atoms. The largest absolute Gasteiger partial charge is 0.353 e. The van der Waals surface area contributed by atoms with Gasteiger partial charge in [-0.25, -0.2) is 4.39 Å². The van der Waals surface area contributed by atoms with Gasteiger partial charge in [-0.2, -0.15) is 0 Å². The number of piperidine rings is 1. The van der Waals surface area contributed by atoms with Gasteiger partial charge in [0.25, 0.3) is 0 Å². The number of likely N-dealkylation sites (tertiary alicyclic amines) is 1. The third-order valence-corrected chi connectivity index (χ3v) is 4.10. The summed E-state index contributed by atoms with van der Waals surface area (Å²) in [6.07, 6.45) is 3.17. The van der Waals surface area contributed by atoms with Crippen molar-refractivity contribution in [2.75, 3.05) is 13.1 Å². The smallest absolute Gasteiger partial charge is 0.220 e. The van der Waals surface area contributed by atoms with E-state index in [2.05, 4.69) is 10.2 Å². The standard InChI is InChI=1S/C17H26FN3O/c1-13(19)2-7-17(22)20-16-8-10-21(11-9-16)12-14-3-5-15(18)6-4-14/h3-6,13,16H,2,7-12,19H2,1H3,(H,20,22). The Balaban J connectivity index is 1.69. The van der Waals surface area contributed by atoms with Crippen molar-refractivity contribution < 1.29 is 9.18 Å². The van der Waals surface area contributed by atoms with Crippen LogP contribution >= 0.6 is 0 Å². The second-order valence-corrected chi connectivity index (χ2v) is 6.26. The molecule has 2 rings (SSSR count). The van der Waals surface area contributed by atoms with Crippen molar-refractivity contribution in [3.63, 3.8) is 0 Å². The summed E-state index contributed by atoms with van der Waals surface area (Å²) in [5.74, 6) is -0.0914. The lowest BCUT2D eigenvalue weighted by Crippen LogP contribution is -2.44. The van der Waals surface area contributed by atoms with Crippen LogP contribution in [0, 0.1) is 5.82 Å². The van der Waals surface area contributed by atoms with Crippen LogP contribution in [0.3, 0.4) is 0 Å². The normalized spacial score (nSPS) is 18.1. The summed E-state index contributed by atoms with van der Waals surface area (Å²) in [6, 6.07) is 7.00. The van der Waals surface area contributed by atoms with E-state index in [1.54, 1.807) is 0 Å². The van der Waals surface area contributed by atoms with Crippen molar-refractivity contribution in [3.05, 3.63) is 35.6 Å². The maximum Gasteiger partial charge on any atom is 0.220 e. The molecule has 0 aliphatic carbocycles. The molecule has 0 aromatic heterocycles. The number of nitrogens with two attached hydrogens (primary N) is 1. The van der Waals surface area contributed by atoms with Crippen molar-refractivity contribution >= 4 is 5.91 Å². The number of nitrogens with one attached hydrogen (secondary N) is 1. The summed E-state index contributed by atoms with van der Waals surface area (Å²) in [4.78, 5) is 14.1. The van der Waals surface area contributed by atoms with E-state index in [9.17, 15) is 9.18 Å². The fourth-order valence-electron chi connectivity index (χ4n) is 2.74. The first-order valence-electron chi connectivity index (χ1n) is 8.04. The van der Waals surface area contributed by atoms with Crippen LogP contribution in [0.2, 0.25) is 0 Å². The highest BCUT2D eigenvalue weighted by Crippen LogP contribution is 2.14. The van der Waals surface area contributed by atoms with Gasteiger partial charge >= 0.3 is 0 Å². The lowest BCUT2D eigenvalue weighted by molar-refractivity contribution is -0.122. The minimum atomic E-state index is -0.197. The van der Waals surface area contributed by atoms with Crippen molar-refractivity contribution in [1.29, 1.82) is 0 Å². The zero-order valence-electron chi connectivity index (χ0n) is 13.2. The fourth-order valence-corrected chi connectivity index (χ4v) is 2.74. The van der Waals surface area contributed by atoms with Gasteiger partial charge in [-0.05, 0) is 43.9 Å². The minimum absolute atomic E-state index is 0.0725. The van der Waals surface area contributed by atoms with Crippen LogP contribution in [-0.2, 0) is 11.3 Å². The summed E-state index contributed by atoms with van der Waals surface area (Å²) in [7, 11) is 0. The van der Waals surface area contributed by atoms with E-state index in [1.807, 2.05) is 19.1 Å². The predicted molar refractivity (Wildman–Crippen MR) is 85.7 cm³/mol. The Hall–Kier alpha value is -1.46. The molecule has 1 atom stereocenters. The number of nitrogens with zero attached hydrogens (tertiary/aromatic N) is 1. The second-order valence-electron chi connectivity index (χ2n) is 6.26. The third kappa shape index (κ3) is 5.73. The zero-order valence-corrected chi connectivity index (χ0v) is 13.2. The van der Waals surface area contributed by atoms with Crippen LogP contribution < -0.4 is 11.1 Å². The summed E-state index contributed by atoms with van der Waals surface area (Å²) in [5, 5.41) is 3.10. The molecule has 5 heteroatoms.